The lowest BCUT2D eigenvalue weighted by Gasteiger charge is -2.23. The van der Waals surface area contributed by atoms with Gasteiger partial charge in [-0.3, -0.25) is 10.2 Å². The first-order valence-corrected chi connectivity index (χ1v) is 12.1. The van der Waals surface area contributed by atoms with Crippen LogP contribution in [0.25, 0.3) is 11.8 Å². The van der Waals surface area contributed by atoms with Gasteiger partial charge in [0, 0.05) is 23.3 Å². The van der Waals surface area contributed by atoms with Gasteiger partial charge in [0.2, 0.25) is 20.2 Å². The minimum absolute atomic E-state index is 0.0171. The summed E-state index contributed by atoms with van der Waals surface area (Å²) in [7, 11) is -3.68. The van der Waals surface area contributed by atoms with Gasteiger partial charge < -0.3 is 4.57 Å². The molecule has 3 heterocycles. The van der Waals surface area contributed by atoms with Gasteiger partial charge in [0.1, 0.15) is 5.84 Å². The Morgan fingerprint density at radius 3 is 2.48 bits per heavy atom. The molecule has 160 valence electrons. The van der Waals surface area contributed by atoms with Crippen molar-refractivity contribution in [3.63, 3.8) is 0 Å². The highest BCUT2D eigenvalue weighted by Crippen LogP contribution is 2.31. The lowest BCUT2D eigenvalue weighted by atomic mass is 10.1. The smallest absolute Gasteiger partial charge is 0.283 e. The fourth-order valence-corrected chi connectivity index (χ4v) is 5.60. The van der Waals surface area contributed by atoms with Crippen LogP contribution in [-0.4, -0.2) is 46.2 Å². The first-order chi connectivity index (χ1) is 14.5. The second kappa shape index (κ2) is 7.31. The van der Waals surface area contributed by atoms with Crippen molar-refractivity contribution in [3.05, 3.63) is 57.9 Å². The minimum atomic E-state index is -3.68. The molecule has 0 saturated carbocycles. The molecular formula is C21H21N5O3S2. The number of fused-ring (bicyclic) bond motifs is 1. The zero-order valence-electron chi connectivity index (χ0n) is 17.7. The molecule has 0 atom stereocenters. The monoisotopic (exact) mass is 455 g/mol. The van der Waals surface area contributed by atoms with E-state index in [4.69, 9.17) is 5.41 Å². The highest BCUT2D eigenvalue weighted by atomic mass is 32.2. The summed E-state index contributed by atoms with van der Waals surface area (Å²) < 4.78 is 30.1. The van der Waals surface area contributed by atoms with E-state index in [0.29, 0.717) is 0 Å². The Bertz CT molecular complexity index is 1360. The Balaban J connectivity index is 1.80. The molecular weight excluding hydrogens is 434 g/mol. The first-order valence-electron chi connectivity index (χ1n) is 9.44. The van der Waals surface area contributed by atoms with E-state index in [1.54, 1.807) is 6.08 Å². The maximum Gasteiger partial charge on any atom is 0.283 e. The van der Waals surface area contributed by atoms with Crippen molar-refractivity contribution in [2.75, 3.05) is 6.26 Å². The number of nitrogens with zero attached hydrogens (tertiary/aromatic N) is 4. The number of carbonyl (C=O) groups excluding carboxylic acids is 1. The molecule has 0 bridgehead atoms. The molecule has 0 radical (unpaired) electrons. The van der Waals surface area contributed by atoms with Gasteiger partial charge in [0.15, 0.2) is 0 Å². The van der Waals surface area contributed by atoms with Gasteiger partial charge in [-0.15, -0.1) is 0 Å². The van der Waals surface area contributed by atoms with Crippen LogP contribution in [0.4, 0.5) is 0 Å². The molecule has 1 aromatic carbocycles. The van der Waals surface area contributed by atoms with Crippen LogP contribution < -0.4 is 0 Å². The standard InChI is InChI=1S/C21H21N5O3S2/c1-11-6-7-17(12(2)8-11)25-13(3)9-15(14(25)4)10-16-18(22)26-20(23-19(16)27)30-24-21(26)31(5,28)29/h6-10,22H,1-5H3/b16-10-,22-18?. The highest BCUT2D eigenvalue weighted by molar-refractivity contribution is 8.16. The molecule has 10 heteroatoms. The molecule has 1 N–H and O–H groups in total. The maximum absolute atomic E-state index is 12.6. The van der Waals surface area contributed by atoms with Crippen LogP contribution in [0.1, 0.15) is 28.1 Å². The number of carbonyl (C=O) groups is 1. The van der Waals surface area contributed by atoms with Gasteiger partial charge in [0.05, 0.1) is 17.5 Å². The third kappa shape index (κ3) is 3.55. The SMILES string of the molecule is Cc1ccc(-n2c(C)cc(/C=C3/C(=N)N4C(=NC3=O)SN=C4S(C)(=O)=O)c2C)c(C)c1. The Hall–Kier alpha value is -2.98. The number of sulfone groups is 1. The van der Waals surface area contributed by atoms with E-state index in [-0.39, 0.29) is 21.7 Å². The molecule has 0 unspecified atom stereocenters. The average Bonchev–Trinajstić information content (AvgIpc) is 3.20. The van der Waals surface area contributed by atoms with Gasteiger partial charge in [0.25, 0.3) is 5.91 Å². The van der Waals surface area contributed by atoms with Crippen LogP contribution in [0.3, 0.4) is 0 Å². The number of aromatic nitrogens is 1. The molecule has 1 amide bonds. The van der Waals surface area contributed by atoms with Crippen molar-refractivity contribution in [1.29, 1.82) is 5.41 Å². The van der Waals surface area contributed by atoms with Gasteiger partial charge in [-0.25, -0.2) is 13.3 Å². The van der Waals surface area contributed by atoms with Gasteiger partial charge in [-0.2, -0.15) is 9.39 Å². The topological polar surface area (TPSA) is 108 Å². The number of rotatable bonds is 2. The molecule has 1 aromatic heterocycles. The van der Waals surface area contributed by atoms with Gasteiger partial charge in [-0.1, -0.05) is 17.7 Å². The molecule has 2 aliphatic heterocycles. The molecule has 0 fully saturated rings. The minimum Gasteiger partial charge on any atom is -0.318 e. The summed E-state index contributed by atoms with van der Waals surface area (Å²) in [5, 5.41) is 8.29. The third-order valence-electron chi connectivity index (χ3n) is 5.19. The maximum atomic E-state index is 12.6. The molecule has 4 rings (SSSR count). The second-order valence-electron chi connectivity index (χ2n) is 7.63. The van der Waals surface area contributed by atoms with E-state index in [0.717, 1.165) is 51.3 Å². The first kappa shape index (κ1) is 21.3. The fourth-order valence-electron chi connectivity index (χ4n) is 3.75. The zero-order chi connectivity index (χ0) is 22.7. The Labute approximate surface area is 185 Å². The highest BCUT2D eigenvalue weighted by Gasteiger charge is 2.41. The molecule has 0 saturated heterocycles. The number of hydrogen-bond acceptors (Lipinski definition) is 6. The molecule has 0 spiro atoms. The third-order valence-corrected chi connectivity index (χ3v) is 6.94. The largest absolute Gasteiger partial charge is 0.318 e. The van der Waals surface area contributed by atoms with E-state index < -0.39 is 15.7 Å². The van der Waals surface area contributed by atoms with Crippen LogP contribution in [0.15, 0.2) is 39.2 Å². The number of amidine groups is 3. The fraction of sp³-hybridized carbons (Fsp3) is 0.238. The Morgan fingerprint density at radius 2 is 1.84 bits per heavy atom. The van der Waals surface area contributed by atoms with E-state index in [1.165, 1.54) is 5.56 Å². The van der Waals surface area contributed by atoms with Crippen molar-refractivity contribution >= 4 is 49.9 Å². The number of aryl methyl sites for hydroxylation is 3. The number of nitrogens with one attached hydrogen (secondary N) is 1. The van der Waals surface area contributed by atoms with Crippen molar-refractivity contribution < 1.29 is 13.2 Å². The molecule has 8 nitrogen and oxygen atoms in total. The van der Waals surface area contributed by atoms with Crippen LogP contribution >= 0.6 is 11.9 Å². The normalized spacial score (nSPS) is 17.8. The molecule has 2 aliphatic rings. The predicted molar refractivity (Wildman–Crippen MR) is 125 cm³/mol. The summed E-state index contributed by atoms with van der Waals surface area (Å²) in [6.45, 7) is 8.01. The summed E-state index contributed by atoms with van der Waals surface area (Å²) in [6, 6.07) is 8.15. The zero-order valence-corrected chi connectivity index (χ0v) is 19.3. The van der Waals surface area contributed by atoms with Crippen molar-refractivity contribution in [3.8, 4) is 5.69 Å². The van der Waals surface area contributed by atoms with E-state index in [9.17, 15) is 13.2 Å². The van der Waals surface area contributed by atoms with Crippen LogP contribution in [0.2, 0.25) is 0 Å². The second-order valence-corrected chi connectivity index (χ2v) is 10.3. The van der Waals surface area contributed by atoms with E-state index in [1.807, 2.05) is 39.8 Å². The van der Waals surface area contributed by atoms with Crippen molar-refractivity contribution in [2.24, 2.45) is 9.39 Å². The molecule has 31 heavy (non-hydrogen) atoms. The quantitative estimate of drug-likeness (QED) is 0.552. The summed E-state index contributed by atoms with van der Waals surface area (Å²) in [5.41, 5.74) is 5.99. The number of amides is 1. The summed E-state index contributed by atoms with van der Waals surface area (Å²) in [4.78, 5) is 17.7. The van der Waals surface area contributed by atoms with Gasteiger partial charge >= 0.3 is 0 Å². The number of hydrogen-bond donors (Lipinski definition) is 1. The molecule has 2 aromatic rings. The summed E-state index contributed by atoms with van der Waals surface area (Å²) in [6.07, 6.45) is 2.61. The lowest BCUT2D eigenvalue weighted by molar-refractivity contribution is -0.114. The summed E-state index contributed by atoms with van der Waals surface area (Å²) in [5.74, 6) is -0.842. The van der Waals surface area contributed by atoms with Crippen molar-refractivity contribution in [2.45, 2.75) is 27.7 Å². The Morgan fingerprint density at radius 1 is 1.13 bits per heavy atom. The summed E-state index contributed by atoms with van der Waals surface area (Å²) >= 11 is 0.779. The van der Waals surface area contributed by atoms with E-state index in [2.05, 4.69) is 26.1 Å². The average molecular weight is 456 g/mol. The predicted octanol–water partition coefficient (Wildman–Crippen LogP) is 3.33. The van der Waals surface area contributed by atoms with Crippen LogP contribution in [0, 0.1) is 33.1 Å². The van der Waals surface area contributed by atoms with Crippen LogP contribution in [0.5, 0.6) is 0 Å². The van der Waals surface area contributed by atoms with Gasteiger partial charge in [-0.05, 0) is 57.0 Å². The Kier molecular flexibility index (Phi) is 5.01. The van der Waals surface area contributed by atoms with Crippen molar-refractivity contribution in [1.82, 2.24) is 9.47 Å². The molecule has 0 aliphatic carbocycles. The number of benzene rings is 1. The lowest BCUT2D eigenvalue weighted by Crippen LogP contribution is -2.45. The number of aliphatic imine (C=N–C) groups is 1. The van der Waals surface area contributed by atoms with Crippen LogP contribution in [-0.2, 0) is 14.6 Å². The van der Waals surface area contributed by atoms with E-state index >= 15 is 0 Å².